The average Bonchev–Trinajstić information content (AvgIpc) is 2.32. The van der Waals surface area contributed by atoms with Crippen LogP contribution in [0.15, 0.2) is 24.3 Å². The second-order valence-corrected chi connectivity index (χ2v) is 4.01. The highest BCUT2D eigenvalue weighted by Crippen LogP contribution is 2.32. The molecule has 0 saturated carbocycles. The summed E-state index contributed by atoms with van der Waals surface area (Å²) >= 11 is 0. The van der Waals surface area contributed by atoms with E-state index in [4.69, 9.17) is 5.73 Å². The number of hydrogen-bond donors (Lipinski definition) is 2. The van der Waals surface area contributed by atoms with Crippen molar-refractivity contribution in [2.24, 2.45) is 5.73 Å². The lowest BCUT2D eigenvalue weighted by atomic mass is 9.96. The van der Waals surface area contributed by atoms with Gasteiger partial charge in [0.25, 0.3) is 0 Å². The topological polar surface area (TPSA) is 58.4 Å². The van der Waals surface area contributed by atoms with E-state index in [2.05, 4.69) is 11.4 Å². The van der Waals surface area contributed by atoms with Crippen LogP contribution in [0.25, 0.3) is 0 Å². The molecule has 0 fully saturated rings. The van der Waals surface area contributed by atoms with E-state index in [0.29, 0.717) is 13.0 Å². The number of anilines is 1. The van der Waals surface area contributed by atoms with Gasteiger partial charge >= 0.3 is 0 Å². The van der Waals surface area contributed by atoms with Crippen LogP contribution in [0.3, 0.4) is 0 Å². The Morgan fingerprint density at radius 2 is 2.25 bits per heavy atom. The van der Waals surface area contributed by atoms with E-state index in [9.17, 15) is 4.79 Å². The van der Waals surface area contributed by atoms with Gasteiger partial charge in [0.1, 0.15) is 0 Å². The minimum Gasteiger partial charge on any atom is -0.329 e. The highest BCUT2D eigenvalue weighted by atomic mass is 16.2. The van der Waals surface area contributed by atoms with Gasteiger partial charge in [0.05, 0.1) is 0 Å². The zero-order valence-corrected chi connectivity index (χ0v) is 9.44. The molecule has 1 amide bonds. The van der Waals surface area contributed by atoms with Crippen molar-refractivity contribution in [1.29, 1.82) is 0 Å². The van der Waals surface area contributed by atoms with Crippen LogP contribution in [-0.4, -0.2) is 26.0 Å². The molecule has 0 spiro atoms. The van der Waals surface area contributed by atoms with Gasteiger partial charge in [-0.1, -0.05) is 18.2 Å². The summed E-state index contributed by atoms with van der Waals surface area (Å²) in [7, 11) is 1.82. The normalized spacial score (nSPS) is 19.8. The summed E-state index contributed by atoms with van der Waals surface area (Å²) in [6, 6.07) is 8.09. The van der Waals surface area contributed by atoms with Crippen molar-refractivity contribution in [3.8, 4) is 0 Å². The Hall–Kier alpha value is -1.39. The number of benzene rings is 1. The third kappa shape index (κ3) is 1.94. The van der Waals surface area contributed by atoms with Gasteiger partial charge in [0.15, 0.2) is 0 Å². The van der Waals surface area contributed by atoms with Crippen molar-refractivity contribution in [1.82, 2.24) is 5.32 Å². The number of nitrogens with one attached hydrogen (secondary N) is 1. The largest absolute Gasteiger partial charge is 0.329 e. The SMILES string of the molecule is CN1C(=O)CC(NCCN)c2ccccc21. The second-order valence-electron chi connectivity index (χ2n) is 4.01. The molecule has 1 unspecified atom stereocenters. The smallest absolute Gasteiger partial charge is 0.228 e. The Morgan fingerprint density at radius 3 is 3.00 bits per heavy atom. The maximum absolute atomic E-state index is 11.8. The maximum atomic E-state index is 11.8. The van der Waals surface area contributed by atoms with Gasteiger partial charge < -0.3 is 16.0 Å². The van der Waals surface area contributed by atoms with Crippen LogP contribution in [0.4, 0.5) is 5.69 Å². The molecule has 2 rings (SSSR count). The fraction of sp³-hybridized carbons (Fsp3) is 0.417. The molecule has 4 nitrogen and oxygen atoms in total. The predicted octanol–water partition coefficient (Wildman–Crippen LogP) is 0.643. The van der Waals surface area contributed by atoms with Gasteiger partial charge in [0, 0.05) is 38.3 Å². The van der Waals surface area contributed by atoms with Gasteiger partial charge in [0.2, 0.25) is 5.91 Å². The molecule has 16 heavy (non-hydrogen) atoms. The minimum atomic E-state index is 0.100. The monoisotopic (exact) mass is 219 g/mol. The Morgan fingerprint density at radius 1 is 1.50 bits per heavy atom. The minimum absolute atomic E-state index is 0.100. The summed E-state index contributed by atoms with van der Waals surface area (Å²) in [5, 5.41) is 3.31. The first kappa shape index (κ1) is 11.1. The van der Waals surface area contributed by atoms with E-state index < -0.39 is 0 Å². The lowest BCUT2D eigenvalue weighted by molar-refractivity contribution is -0.119. The molecule has 86 valence electrons. The maximum Gasteiger partial charge on any atom is 0.228 e. The highest BCUT2D eigenvalue weighted by molar-refractivity contribution is 5.96. The molecule has 4 heteroatoms. The highest BCUT2D eigenvalue weighted by Gasteiger charge is 2.27. The summed E-state index contributed by atoms with van der Waals surface area (Å²) in [5.41, 5.74) is 7.64. The van der Waals surface area contributed by atoms with Crippen molar-refractivity contribution in [2.75, 3.05) is 25.0 Å². The molecule has 0 aromatic heterocycles. The van der Waals surface area contributed by atoms with Crippen LogP contribution >= 0.6 is 0 Å². The summed E-state index contributed by atoms with van der Waals surface area (Å²) in [6.45, 7) is 1.32. The van der Waals surface area contributed by atoms with Gasteiger partial charge in [-0.3, -0.25) is 4.79 Å². The molecule has 0 aliphatic carbocycles. The number of carbonyl (C=O) groups is 1. The molecular weight excluding hydrogens is 202 g/mol. The molecule has 3 N–H and O–H groups in total. The lowest BCUT2D eigenvalue weighted by Gasteiger charge is -2.32. The predicted molar refractivity (Wildman–Crippen MR) is 64.3 cm³/mol. The molecule has 1 aliphatic heterocycles. The summed E-state index contributed by atoms with van der Waals surface area (Å²) in [4.78, 5) is 13.5. The standard InChI is InChI=1S/C12H17N3O/c1-15-11-5-3-2-4-9(11)10(8-12(15)16)14-7-6-13/h2-5,10,14H,6-8,13H2,1H3. The van der Waals surface area contributed by atoms with Crippen LogP contribution in [0.1, 0.15) is 18.0 Å². The number of nitrogens with two attached hydrogens (primary N) is 1. The van der Waals surface area contributed by atoms with Crippen LogP contribution in [-0.2, 0) is 4.79 Å². The Labute approximate surface area is 95.4 Å². The molecule has 0 bridgehead atoms. The van der Waals surface area contributed by atoms with E-state index in [-0.39, 0.29) is 11.9 Å². The Kier molecular flexibility index (Phi) is 3.22. The summed E-state index contributed by atoms with van der Waals surface area (Å²) in [6.07, 6.45) is 0.507. The molecule has 1 aliphatic rings. The quantitative estimate of drug-likeness (QED) is 0.784. The third-order valence-corrected chi connectivity index (χ3v) is 2.96. The lowest BCUT2D eigenvalue weighted by Crippen LogP contribution is -2.39. The van der Waals surface area contributed by atoms with Crippen molar-refractivity contribution < 1.29 is 4.79 Å². The van der Waals surface area contributed by atoms with Crippen LogP contribution in [0, 0.1) is 0 Å². The first-order valence-electron chi connectivity index (χ1n) is 5.53. The second kappa shape index (κ2) is 4.63. The van der Waals surface area contributed by atoms with Gasteiger partial charge in [-0.25, -0.2) is 0 Å². The van der Waals surface area contributed by atoms with Crippen molar-refractivity contribution in [3.63, 3.8) is 0 Å². The van der Waals surface area contributed by atoms with Crippen molar-refractivity contribution >= 4 is 11.6 Å². The summed E-state index contributed by atoms with van der Waals surface area (Å²) < 4.78 is 0. The van der Waals surface area contributed by atoms with E-state index in [0.717, 1.165) is 12.2 Å². The fourth-order valence-electron chi connectivity index (χ4n) is 2.08. The van der Waals surface area contributed by atoms with E-state index >= 15 is 0 Å². The first-order valence-corrected chi connectivity index (χ1v) is 5.53. The number of hydrogen-bond acceptors (Lipinski definition) is 3. The summed E-state index contributed by atoms with van der Waals surface area (Å²) in [5.74, 6) is 0.147. The number of fused-ring (bicyclic) bond motifs is 1. The molecule has 0 saturated heterocycles. The van der Waals surface area contributed by atoms with Gasteiger partial charge in [-0.05, 0) is 11.6 Å². The molecule has 1 aromatic rings. The van der Waals surface area contributed by atoms with Crippen molar-refractivity contribution in [3.05, 3.63) is 29.8 Å². The molecule has 1 atom stereocenters. The first-order chi connectivity index (χ1) is 7.74. The third-order valence-electron chi connectivity index (χ3n) is 2.96. The Bertz CT molecular complexity index is 392. The number of para-hydroxylation sites is 1. The van der Waals surface area contributed by atoms with Crippen LogP contribution < -0.4 is 16.0 Å². The zero-order valence-electron chi connectivity index (χ0n) is 9.44. The molecule has 0 radical (unpaired) electrons. The van der Waals surface area contributed by atoms with Crippen LogP contribution in [0.2, 0.25) is 0 Å². The number of amides is 1. The van der Waals surface area contributed by atoms with Crippen molar-refractivity contribution in [2.45, 2.75) is 12.5 Å². The molecule has 1 aromatic carbocycles. The van der Waals surface area contributed by atoms with E-state index in [1.54, 1.807) is 4.90 Å². The zero-order chi connectivity index (χ0) is 11.5. The van der Waals surface area contributed by atoms with Gasteiger partial charge in [-0.2, -0.15) is 0 Å². The number of rotatable bonds is 3. The fourth-order valence-corrected chi connectivity index (χ4v) is 2.08. The number of nitrogens with zero attached hydrogens (tertiary/aromatic N) is 1. The number of carbonyl (C=O) groups excluding carboxylic acids is 1. The van der Waals surface area contributed by atoms with Crippen LogP contribution in [0.5, 0.6) is 0 Å². The average molecular weight is 219 g/mol. The molecule has 1 heterocycles. The van der Waals surface area contributed by atoms with E-state index in [1.807, 2.05) is 25.2 Å². The van der Waals surface area contributed by atoms with E-state index in [1.165, 1.54) is 5.56 Å². The van der Waals surface area contributed by atoms with Gasteiger partial charge in [-0.15, -0.1) is 0 Å². The Balaban J connectivity index is 2.29. The molecular formula is C12H17N3O.